The van der Waals surface area contributed by atoms with Crippen LogP contribution in [0.4, 0.5) is 0 Å². The standard InChI is InChI=1S/C11H19N3O3/c1-5-14(4)7(2)6-12-10(15)9-8(3)11(16)17-13-9/h7,16H,5-6H2,1-4H3,(H,12,15). The number of aromatic hydroxyl groups is 1. The summed E-state index contributed by atoms with van der Waals surface area (Å²) in [5, 5.41) is 15.4. The molecule has 0 bridgehead atoms. The van der Waals surface area contributed by atoms with Crippen LogP contribution in [-0.4, -0.2) is 47.2 Å². The highest BCUT2D eigenvalue weighted by Crippen LogP contribution is 2.18. The number of nitrogens with zero attached hydrogens (tertiary/aromatic N) is 2. The van der Waals surface area contributed by atoms with E-state index >= 15 is 0 Å². The normalized spacial score (nSPS) is 12.8. The van der Waals surface area contributed by atoms with Crippen molar-refractivity contribution in [2.75, 3.05) is 20.1 Å². The van der Waals surface area contributed by atoms with Crippen LogP contribution in [0.1, 0.15) is 29.9 Å². The van der Waals surface area contributed by atoms with Gasteiger partial charge < -0.3 is 19.8 Å². The highest BCUT2D eigenvalue weighted by atomic mass is 16.5. The lowest BCUT2D eigenvalue weighted by Crippen LogP contribution is -2.40. The molecular weight excluding hydrogens is 222 g/mol. The molecule has 0 aliphatic rings. The largest absolute Gasteiger partial charge is 0.479 e. The van der Waals surface area contributed by atoms with Crippen molar-refractivity contribution < 1.29 is 14.4 Å². The zero-order chi connectivity index (χ0) is 13.0. The zero-order valence-electron chi connectivity index (χ0n) is 10.6. The Hall–Kier alpha value is -1.56. The molecule has 2 N–H and O–H groups in total. The SMILES string of the molecule is CCN(C)C(C)CNC(=O)c1noc(O)c1C. The second kappa shape index (κ2) is 5.67. The molecule has 0 saturated carbocycles. The molecule has 1 aromatic heterocycles. The molecule has 1 unspecified atom stereocenters. The van der Waals surface area contributed by atoms with Gasteiger partial charge in [-0.2, -0.15) is 0 Å². The van der Waals surface area contributed by atoms with Gasteiger partial charge in [0, 0.05) is 12.6 Å². The number of likely N-dealkylation sites (N-methyl/N-ethyl adjacent to an activating group) is 1. The number of carbonyl (C=O) groups excluding carboxylic acids is 1. The molecule has 6 heteroatoms. The molecule has 1 heterocycles. The van der Waals surface area contributed by atoms with Gasteiger partial charge in [0.15, 0.2) is 5.69 Å². The number of hydrogen-bond acceptors (Lipinski definition) is 5. The van der Waals surface area contributed by atoms with Crippen molar-refractivity contribution in [2.45, 2.75) is 26.8 Å². The van der Waals surface area contributed by atoms with E-state index in [1.807, 2.05) is 14.0 Å². The van der Waals surface area contributed by atoms with Gasteiger partial charge in [0.1, 0.15) is 0 Å². The molecule has 0 aliphatic heterocycles. The Morgan fingerprint density at radius 1 is 1.65 bits per heavy atom. The van der Waals surface area contributed by atoms with Gasteiger partial charge in [-0.1, -0.05) is 12.1 Å². The summed E-state index contributed by atoms with van der Waals surface area (Å²) in [7, 11) is 1.99. The van der Waals surface area contributed by atoms with Crippen LogP contribution in [-0.2, 0) is 0 Å². The van der Waals surface area contributed by atoms with Gasteiger partial charge in [0.25, 0.3) is 5.91 Å². The van der Waals surface area contributed by atoms with E-state index in [9.17, 15) is 9.90 Å². The summed E-state index contributed by atoms with van der Waals surface area (Å²) in [6.45, 7) is 7.11. The summed E-state index contributed by atoms with van der Waals surface area (Å²) < 4.78 is 4.53. The number of nitrogens with one attached hydrogen (secondary N) is 1. The highest BCUT2D eigenvalue weighted by Gasteiger charge is 2.18. The van der Waals surface area contributed by atoms with E-state index in [0.29, 0.717) is 12.1 Å². The zero-order valence-corrected chi connectivity index (χ0v) is 10.6. The molecule has 0 saturated heterocycles. The van der Waals surface area contributed by atoms with Crippen LogP contribution in [0.15, 0.2) is 4.52 Å². The third kappa shape index (κ3) is 3.20. The molecule has 0 radical (unpaired) electrons. The van der Waals surface area contributed by atoms with Crippen LogP contribution < -0.4 is 5.32 Å². The number of aromatic nitrogens is 1. The number of amides is 1. The molecule has 96 valence electrons. The van der Waals surface area contributed by atoms with Gasteiger partial charge in [-0.05, 0) is 27.4 Å². The average Bonchev–Trinajstić information content (AvgIpc) is 2.65. The Balaban J connectivity index is 2.53. The van der Waals surface area contributed by atoms with E-state index in [1.54, 1.807) is 6.92 Å². The van der Waals surface area contributed by atoms with Gasteiger partial charge in [-0.25, -0.2) is 0 Å². The topological polar surface area (TPSA) is 78.6 Å². The Kier molecular flexibility index (Phi) is 4.51. The maximum Gasteiger partial charge on any atom is 0.312 e. The molecule has 1 rings (SSSR count). The van der Waals surface area contributed by atoms with E-state index in [1.165, 1.54) is 0 Å². The van der Waals surface area contributed by atoms with Crippen molar-refractivity contribution in [3.8, 4) is 5.95 Å². The van der Waals surface area contributed by atoms with Gasteiger partial charge in [0.2, 0.25) is 0 Å². The Morgan fingerprint density at radius 3 is 2.76 bits per heavy atom. The first-order valence-corrected chi connectivity index (χ1v) is 5.61. The predicted octanol–water partition coefficient (Wildman–Crippen LogP) is 0.759. The van der Waals surface area contributed by atoms with Crippen molar-refractivity contribution in [2.24, 2.45) is 0 Å². The second-order valence-electron chi connectivity index (χ2n) is 4.09. The molecule has 0 spiro atoms. The molecule has 1 amide bonds. The highest BCUT2D eigenvalue weighted by molar-refractivity contribution is 5.93. The van der Waals surface area contributed by atoms with Crippen LogP contribution in [0.3, 0.4) is 0 Å². The average molecular weight is 241 g/mol. The van der Waals surface area contributed by atoms with Crippen LogP contribution in [0, 0.1) is 6.92 Å². The second-order valence-corrected chi connectivity index (χ2v) is 4.09. The maximum atomic E-state index is 11.7. The fourth-order valence-electron chi connectivity index (χ4n) is 1.33. The van der Waals surface area contributed by atoms with Gasteiger partial charge in [0.05, 0.1) is 5.56 Å². The summed E-state index contributed by atoms with van der Waals surface area (Å²) in [4.78, 5) is 13.8. The van der Waals surface area contributed by atoms with Gasteiger partial charge >= 0.3 is 5.95 Å². The minimum absolute atomic E-state index is 0.133. The fraction of sp³-hybridized carbons (Fsp3) is 0.636. The Labute approximate surface area is 101 Å². The quantitative estimate of drug-likeness (QED) is 0.795. The van der Waals surface area contributed by atoms with Crippen LogP contribution in [0.5, 0.6) is 5.95 Å². The summed E-state index contributed by atoms with van der Waals surface area (Å²) >= 11 is 0. The molecular formula is C11H19N3O3. The Morgan fingerprint density at radius 2 is 2.29 bits per heavy atom. The molecule has 0 aliphatic carbocycles. The minimum atomic E-state index is -0.331. The first kappa shape index (κ1) is 13.5. The van der Waals surface area contributed by atoms with Crippen LogP contribution in [0.2, 0.25) is 0 Å². The number of rotatable bonds is 5. The summed E-state index contributed by atoms with van der Waals surface area (Å²) in [5.41, 5.74) is 0.493. The molecule has 6 nitrogen and oxygen atoms in total. The third-order valence-electron chi connectivity index (χ3n) is 2.92. The van der Waals surface area contributed by atoms with Crippen LogP contribution in [0.25, 0.3) is 0 Å². The van der Waals surface area contributed by atoms with Crippen molar-refractivity contribution in [3.63, 3.8) is 0 Å². The van der Waals surface area contributed by atoms with E-state index in [4.69, 9.17) is 0 Å². The first-order valence-electron chi connectivity index (χ1n) is 5.61. The van der Waals surface area contributed by atoms with E-state index < -0.39 is 0 Å². The maximum absolute atomic E-state index is 11.7. The molecule has 0 aromatic carbocycles. The fourth-order valence-corrected chi connectivity index (χ4v) is 1.33. The lowest BCUT2D eigenvalue weighted by atomic mass is 10.2. The van der Waals surface area contributed by atoms with Gasteiger partial charge in [-0.3, -0.25) is 4.79 Å². The van der Waals surface area contributed by atoms with Crippen molar-refractivity contribution in [3.05, 3.63) is 11.3 Å². The molecule has 1 aromatic rings. The lowest BCUT2D eigenvalue weighted by Gasteiger charge is -2.22. The smallest absolute Gasteiger partial charge is 0.312 e. The molecule has 0 fully saturated rings. The van der Waals surface area contributed by atoms with E-state index in [-0.39, 0.29) is 23.6 Å². The van der Waals surface area contributed by atoms with Crippen molar-refractivity contribution in [1.29, 1.82) is 0 Å². The molecule has 1 atom stereocenters. The first-order chi connectivity index (χ1) is 7.97. The third-order valence-corrected chi connectivity index (χ3v) is 2.92. The predicted molar refractivity (Wildman–Crippen MR) is 63.0 cm³/mol. The van der Waals surface area contributed by atoms with Gasteiger partial charge in [-0.15, -0.1) is 0 Å². The monoisotopic (exact) mass is 241 g/mol. The summed E-state index contributed by atoms with van der Waals surface area (Å²) in [6.07, 6.45) is 0. The van der Waals surface area contributed by atoms with E-state index in [0.717, 1.165) is 6.54 Å². The number of hydrogen-bond donors (Lipinski definition) is 2. The number of carbonyl (C=O) groups is 1. The lowest BCUT2D eigenvalue weighted by molar-refractivity contribution is 0.0931. The summed E-state index contributed by atoms with van der Waals surface area (Å²) in [5.74, 6) is -0.642. The Bertz CT molecular complexity index is 389. The van der Waals surface area contributed by atoms with Crippen molar-refractivity contribution in [1.82, 2.24) is 15.4 Å². The minimum Gasteiger partial charge on any atom is -0.479 e. The molecule has 17 heavy (non-hydrogen) atoms. The van der Waals surface area contributed by atoms with E-state index in [2.05, 4.69) is 26.8 Å². The van der Waals surface area contributed by atoms with Crippen molar-refractivity contribution >= 4 is 5.91 Å². The summed E-state index contributed by atoms with van der Waals surface area (Å²) in [6, 6.07) is 0.241. The van der Waals surface area contributed by atoms with Crippen LogP contribution >= 0.6 is 0 Å².